The van der Waals surface area contributed by atoms with E-state index < -0.39 is 71.9 Å². The number of rotatable bonds is 10. The number of carbonyl (C=O) groups is 4. The summed E-state index contributed by atoms with van der Waals surface area (Å²) < 4.78 is 83.3. The van der Waals surface area contributed by atoms with Gasteiger partial charge in [0.05, 0.1) is 0 Å². The minimum absolute atomic E-state index is 0.0371. The van der Waals surface area contributed by atoms with Gasteiger partial charge in [-0.1, -0.05) is 103 Å². The van der Waals surface area contributed by atoms with Crippen LogP contribution in [0.25, 0.3) is 0 Å². The number of hydrogen-bond donors (Lipinski definition) is 2. The second-order valence-electron chi connectivity index (χ2n) is 21.3. The Morgan fingerprint density at radius 2 is 1.07 bits per heavy atom. The van der Waals surface area contributed by atoms with Crippen LogP contribution < -0.4 is 0 Å². The van der Waals surface area contributed by atoms with Gasteiger partial charge in [0.1, 0.15) is 0 Å². The lowest BCUT2D eigenvalue weighted by Gasteiger charge is -2.50. The van der Waals surface area contributed by atoms with E-state index in [4.69, 9.17) is 0 Å². The first-order valence-corrected chi connectivity index (χ1v) is 25.6. The van der Waals surface area contributed by atoms with E-state index in [1.54, 1.807) is 60.9 Å². The van der Waals surface area contributed by atoms with Crippen LogP contribution in [0.4, 0.5) is 26.3 Å². The highest BCUT2D eigenvalue weighted by atomic mass is 19.4. The topological polar surface area (TPSA) is 135 Å². The van der Waals surface area contributed by atoms with E-state index >= 15 is 0 Å². The number of Topliss-reactive ketones (excluding diaryl/α,β-unsaturated/α-hetero) is 3. The molecule has 0 spiro atoms. The van der Waals surface area contributed by atoms with Crippen LogP contribution in [0.3, 0.4) is 0 Å². The number of halogens is 6. The molecule has 0 unspecified atom stereocenters. The number of aryl methyl sites for hydroxylation is 2. The van der Waals surface area contributed by atoms with Gasteiger partial charge in [-0.25, -0.2) is 0 Å². The second-order valence-corrected chi connectivity index (χ2v) is 21.3. The van der Waals surface area contributed by atoms with Crippen LogP contribution in [0.1, 0.15) is 138 Å². The Morgan fingerprint density at radius 3 is 1.58 bits per heavy atom. The van der Waals surface area contributed by atoms with Gasteiger partial charge in [0.2, 0.25) is 0 Å². The summed E-state index contributed by atoms with van der Waals surface area (Å²) in [6.07, 6.45) is -3.69. The van der Waals surface area contributed by atoms with Gasteiger partial charge < -0.3 is 10.2 Å². The first kappa shape index (κ1) is 53.9. The highest BCUT2D eigenvalue weighted by Crippen LogP contribution is 2.58. The van der Waals surface area contributed by atoms with E-state index in [-0.39, 0.29) is 61.7 Å². The highest BCUT2D eigenvalue weighted by molar-refractivity contribution is 6.09. The van der Waals surface area contributed by atoms with Crippen molar-refractivity contribution in [3.05, 3.63) is 213 Å². The van der Waals surface area contributed by atoms with Crippen molar-refractivity contribution < 1.29 is 55.7 Å². The zero-order chi connectivity index (χ0) is 54.3. The summed E-state index contributed by atoms with van der Waals surface area (Å²) in [5.74, 6) is -2.13. The Kier molecular flexibility index (Phi) is 14.8. The number of benzene rings is 4. The van der Waals surface area contributed by atoms with Crippen molar-refractivity contribution in [3.8, 4) is 0 Å². The average molecular weight is 1040 g/mol. The van der Waals surface area contributed by atoms with E-state index in [0.717, 1.165) is 33.6 Å². The van der Waals surface area contributed by atoms with Crippen molar-refractivity contribution in [2.75, 3.05) is 0 Å². The largest absolute Gasteiger partial charge is 0.417 e. The number of carbonyl (C=O) groups excluding carboxylic acids is 4. The van der Waals surface area contributed by atoms with Crippen LogP contribution in [0.5, 0.6) is 0 Å². The van der Waals surface area contributed by atoms with Gasteiger partial charge in [-0.15, -0.1) is 0 Å². The number of pyridine rings is 2. The third-order valence-electron chi connectivity index (χ3n) is 16.8. The summed E-state index contributed by atoms with van der Waals surface area (Å²) in [5.41, 5.74) is 0.591. The Labute approximate surface area is 437 Å². The standard InChI is InChI=1S/C31H30F3NO3.C31H28F3NO3/c2*1-20-22(8-5-15-35-20)17-28(37)23-9-11-26-25(16-23)27(36)12-10-24-19-30(38,31(32,33)34)14-13-29(24,26)18-21-6-3-2-4-7-21/h2-9,11,15-16,24,38H,10,12-14,17-19H2,1H3;2-12,15-16,24,38H,13-14,17-19H2,1H3/t2*24-,29+,30-/m11/s1. The third kappa shape index (κ3) is 10.5. The summed E-state index contributed by atoms with van der Waals surface area (Å²) in [5, 5.41) is 21.3. The Morgan fingerprint density at radius 1 is 0.592 bits per heavy atom. The zero-order valence-electron chi connectivity index (χ0n) is 42.2. The van der Waals surface area contributed by atoms with Crippen LogP contribution >= 0.6 is 0 Å². The summed E-state index contributed by atoms with van der Waals surface area (Å²) >= 11 is 0. The van der Waals surface area contributed by atoms with Gasteiger partial charge in [0.25, 0.3) is 0 Å². The molecular formula is C62H58F6N2O6. The predicted molar refractivity (Wildman–Crippen MR) is 274 cm³/mol. The molecule has 2 saturated carbocycles. The fourth-order valence-corrected chi connectivity index (χ4v) is 12.4. The summed E-state index contributed by atoms with van der Waals surface area (Å²) in [4.78, 5) is 61.5. The van der Waals surface area contributed by atoms with Gasteiger partial charge in [-0.05, 0) is 147 Å². The van der Waals surface area contributed by atoms with Crippen LogP contribution in [-0.4, -0.2) is 66.9 Å². The maximum absolute atomic E-state index is 13.9. The van der Waals surface area contributed by atoms with E-state index in [0.29, 0.717) is 46.2 Å². The highest BCUT2D eigenvalue weighted by Gasteiger charge is 2.62. The molecular weight excluding hydrogens is 983 g/mol. The van der Waals surface area contributed by atoms with Gasteiger partial charge in [-0.3, -0.25) is 29.1 Å². The van der Waals surface area contributed by atoms with Gasteiger partial charge in [-0.2, -0.15) is 26.3 Å². The van der Waals surface area contributed by atoms with E-state index in [1.165, 1.54) is 12.2 Å². The van der Waals surface area contributed by atoms with Gasteiger partial charge in [0.15, 0.2) is 34.3 Å². The molecule has 8 nitrogen and oxygen atoms in total. The zero-order valence-corrected chi connectivity index (χ0v) is 42.2. The molecule has 0 aliphatic heterocycles. The number of aromatic nitrogens is 2. The van der Waals surface area contributed by atoms with Crippen molar-refractivity contribution in [3.63, 3.8) is 0 Å². The molecule has 10 rings (SSSR count). The van der Waals surface area contributed by atoms with Gasteiger partial charge >= 0.3 is 12.4 Å². The molecule has 4 aromatic carbocycles. The lowest BCUT2D eigenvalue weighted by molar-refractivity contribution is -0.279. The lowest BCUT2D eigenvalue weighted by atomic mass is 9.56. The van der Waals surface area contributed by atoms with E-state index in [2.05, 4.69) is 9.97 Å². The quantitative estimate of drug-likeness (QED) is 0.102. The molecule has 0 radical (unpaired) electrons. The number of fused-ring (bicyclic) bond motifs is 6. The smallest absolute Gasteiger partial charge is 0.380 e. The van der Waals surface area contributed by atoms with Crippen LogP contribution in [0.15, 0.2) is 146 Å². The summed E-state index contributed by atoms with van der Waals surface area (Å²) in [6, 6.07) is 36.3. The Balaban J connectivity index is 0.000000186. The third-order valence-corrected chi connectivity index (χ3v) is 16.8. The SMILES string of the molecule is Cc1ncccc1CC(=O)c1ccc2c(c1)C(=O)C=C[C@@H]1C[C@@](O)(C(F)(F)F)CC[C@@]21Cc1ccccc1.Cc1ncccc1CC(=O)c1ccc2c(c1)C(=O)CC[C@@H]1C[C@@](O)(C(F)(F)F)CC[C@@]21Cc1ccccc1. The first-order chi connectivity index (χ1) is 36.0. The summed E-state index contributed by atoms with van der Waals surface area (Å²) in [6.45, 7) is 3.66. The predicted octanol–water partition coefficient (Wildman–Crippen LogP) is 12.5. The minimum Gasteiger partial charge on any atom is -0.380 e. The molecule has 76 heavy (non-hydrogen) atoms. The van der Waals surface area contributed by atoms with E-state index in [9.17, 15) is 55.7 Å². The number of ketones is 4. The molecule has 14 heteroatoms. The first-order valence-electron chi connectivity index (χ1n) is 25.6. The second kappa shape index (κ2) is 20.9. The molecule has 2 fully saturated rings. The molecule has 0 amide bonds. The number of alkyl halides is 6. The maximum Gasteiger partial charge on any atom is 0.417 e. The lowest BCUT2D eigenvalue weighted by Crippen LogP contribution is -2.55. The number of aliphatic hydroxyl groups is 2. The van der Waals surface area contributed by atoms with Crippen molar-refractivity contribution in [2.45, 2.75) is 125 Å². The molecule has 2 aromatic heterocycles. The molecule has 2 N–H and O–H groups in total. The van der Waals surface area contributed by atoms with E-state index in [1.807, 2.05) is 86.6 Å². The molecule has 0 bridgehead atoms. The Bertz CT molecular complexity index is 3210. The maximum atomic E-state index is 13.9. The number of allylic oxidation sites excluding steroid dienone is 2. The monoisotopic (exact) mass is 1040 g/mol. The normalized spacial score (nSPS) is 25.1. The molecule has 6 atom stereocenters. The van der Waals surface area contributed by atoms with Crippen molar-refractivity contribution in [1.29, 1.82) is 0 Å². The fourth-order valence-electron chi connectivity index (χ4n) is 12.4. The van der Waals surface area contributed by atoms with Crippen molar-refractivity contribution in [1.82, 2.24) is 9.97 Å². The molecule has 394 valence electrons. The van der Waals surface area contributed by atoms with Crippen LogP contribution in [0.2, 0.25) is 0 Å². The molecule has 2 heterocycles. The number of nitrogens with zero attached hydrogens (tertiary/aromatic N) is 2. The van der Waals surface area contributed by atoms with Crippen LogP contribution in [0, 0.1) is 25.7 Å². The van der Waals surface area contributed by atoms with Gasteiger partial charge in [0, 0.05) is 76.1 Å². The summed E-state index contributed by atoms with van der Waals surface area (Å²) in [7, 11) is 0. The van der Waals surface area contributed by atoms with Crippen molar-refractivity contribution in [2.24, 2.45) is 11.8 Å². The Hall–Kier alpha value is -6.90. The average Bonchev–Trinajstić information content (AvgIpc) is 3.80. The van der Waals surface area contributed by atoms with Crippen molar-refractivity contribution >= 4 is 23.1 Å². The number of hydrogen-bond acceptors (Lipinski definition) is 8. The molecule has 4 aliphatic carbocycles. The minimum atomic E-state index is -4.78. The fraction of sp³-hybridized carbons (Fsp3) is 0.355. The molecule has 0 saturated heterocycles. The molecule has 6 aromatic rings. The van der Waals surface area contributed by atoms with Crippen LogP contribution in [-0.2, 0) is 36.5 Å². The molecule has 4 aliphatic rings.